The highest BCUT2D eigenvalue weighted by Gasteiger charge is 2.12. The number of rotatable bonds is 3. The van der Waals surface area contributed by atoms with Gasteiger partial charge in [-0.05, 0) is 12.1 Å². The Balaban J connectivity index is 3.07. The summed E-state index contributed by atoms with van der Waals surface area (Å²) in [6.45, 7) is 0. The van der Waals surface area contributed by atoms with Crippen molar-refractivity contribution in [2.75, 3.05) is 12.1 Å². The number of ketones is 1. The average molecular weight is 222 g/mol. The number of aromatic nitrogens is 1. The lowest BCUT2D eigenvalue weighted by atomic mass is 10.3. The predicted octanol–water partition coefficient (Wildman–Crippen LogP) is 0.840. The second-order valence-electron chi connectivity index (χ2n) is 2.57. The lowest BCUT2D eigenvalue weighted by Crippen LogP contribution is -2.02. The van der Waals surface area contributed by atoms with E-state index >= 15 is 0 Å². The molecule has 0 spiro atoms. The van der Waals surface area contributed by atoms with Crippen LogP contribution >= 0.6 is 11.6 Å². The zero-order valence-corrected chi connectivity index (χ0v) is 8.45. The summed E-state index contributed by atoms with van der Waals surface area (Å²) in [5, 5.41) is 0.0287. The molecule has 13 heavy (non-hydrogen) atoms. The van der Waals surface area contributed by atoms with Crippen LogP contribution in [-0.4, -0.2) is 31.3 Å². The number of carbonyl (C=O) groups excluding carboxylic acids is 1. The van der Waals surface area contributed by atoms with Crippen LogP contribution in [0.15, 0.2) is 17.2 Å². The van der Waals surface area contributed by atoms with Gasteiger partial charge in [0.15, 0.2) is 15.6 Å². The number of H-pyrrole nitrogens is 1. The standard InChI is InChI=1S/C7H8ClNO3S/c1-13(11,12)7-3-2-5(9-7)6(10)4-8/h2-3,9H,4H2,1H3. The first-order valence-electron chi connectivity index (χ1n) is 3.43. The minimum absolute atomic E-state index is 0.0287. The first kappa shape index (κ1) is 10.3. The number of carbonyl (C=O) groups is 1. The van der Waals surface area contributed by atoms with Crippen LogP contribution in [0, 0.1) is 0 Å². The Morgan fingerprint density at radius 3 is 2.54 bits per heavy atom. The third-order valence-electron chi connectivity index (χ3n) is 1.48. The summed E-state index contributed by atoms with van der Waals surface area (Å²) in [6.07, 6.45) is 1.06. The van der Waals surface area contributed by atoms with Crippen molar-refractivity contribution in [1.29, 1.82) is 0 Å². The fourth-order valence-corrected chi connectivity index (χ4v) is 1.58. The number of Topliss-reactive ketones (excluding diaryl/α,β-unsaturated/α-hetero) is 1. The zero-order valence-electron chi connectivity index (χ0n) is 6.87. The Morgan fingerprint density at radius 1 is 1.54 bits per heavy atom. The molecule has 0 saturated heterocycles. The van der Waals surface area contributed by atoms with E-state index in [0.29, 0.717) is 0 Å². The lowest BCUT2D eigenvalue weighted by molar-refractivity contribution is 0.101. The van der Waals surface area contributed by atoms with Crippen LogP contribution < -0.4 is 0 Å². The Hall–Kier alpha value is -0.810. The summed E-state index contributed by atoms with van der Waals surface area (Å²) in [4.78, 5) is 13.5. The van der Waals surface area contributed by atoms with E-state index in [1.807, 2.05) is 0 Å². The molecule has 0 radical (unpaired) electrons. The van der Waals surface area contributed by atoms with Gasteiger partial charge in [-0.2, -0.15) is 0 Å². The maximum Gasteiger partial charge on any atom is 0.193 e. The first-order chi connectivity index (χ1) is 5.95. The molecule has 0 aliphatic carbocycles. The van der Waals surface area contributed by atoms with Crippen LogP contribution in [0.1, 0.15) is 10.5 Å². The van der Waals surface area contributed by atoms with Gasteiger partial charge in [0.05, 0.1) is 11.6 Å². The minimum Gasteiger partial charge on any atom is -0.343 e. The molecule has 0 aliphatic rings. The molecule has 4 nitrogen and oxygen atoms in total. The molecule has 0 aromatic carbocycles. The molecular weight excluding hydrogens is 214 g/mol. The number of aromatic amines is 1. The summed E-state index contributed by atoms with van der Waals surface area (Å²) in [5.41, 5.74) is 0.218. The maximum atomic E-state index is 11.0. The monoisotopic (exact) mass is 221 g/mol. The highest BCUT2D eigenvalue weighted by Crippen LogP contribution is 2.09. The molecule has 0 fully saturated rings. The Bertz CT molecular complexity index is 421. The van der Waals surface area contributed by atoms with Gasteiger partial charge in [0.2, 0.25) is 0 Å². The van der Waals surface area contributed by atoms with Crippen molar-refractivity contribution in [2.24, 2.45) is 0 Å². The predicted molar refractivity (Wildman–Crippen MR) is 49.0 cm³/mol. The van der Waals surface area contributed by atoms with E-state index in [2.05, 4.69) is 4.98 Å². The highest BCUT2D eigenvalue weighted by molar-refractivity contribution is 7.90. The number of nitrogens with one attached hydrogen (secondary N) is 1. The van der Waals surface area contributed by atoms with Gasteiger partial charge in [-0.1, -0.05) is 0 Å². The molecule has 1 rings (SSSR count). The summed E-state index contributed by atoms with van der Waals surface area (Å²) in [5.74, 6) is -0.486. The number of sulfone groups is 1. The number of alkyl halides is 1. The fourth-order valence-electron chi connectivity index (χ4n) is 0.826. The summed E-state index contributed by atoms with van der Waals surface area (Å²) >= 11 is 5.29. The van der Waals surface area contributed by atoms with Crippen LogP contribution in [0.2, 0.25) is 0 Å². The van der Waals surface area contributed by atoms with E-state index in [-0.39, 0.29) is 22.4 Å². The molecular formula is C7H8ClNO3S. The number of halogens is 1. The first-order valence-corrected chi connectivity index (χ1v) is 5.86. The van der Waals surface area contributed by atoms with Gasteiger partial charge in [-0.15, -0.1) is 11.6 Å². The molecule has 0 unspecified atom stereocenters. The van der Waals surface area contributed by atoms with Gasteiger partial charge in [-0.25, -0.2) is 8.42 Å². The minimum atomic E-state index is -3.27. The Morgan fingerprint density at radius 2 is 2.15 bits per heavy atom. The van der Waals surface area contributed by atoms with Crippen molar-refractivity contribution < 1.29 is 13.2 Å². The molecule has 0 aliphatic heterocycles. The van der Waals surface area contributed by atoms with Crippen molar-refractivity contribution in [2.45, 2.75) is 5.03 Å². The van der Waals surface area contributed by atoms with Crippen LogP contribution in [0.5, 0.6) is 0 Å². The van der Waals surface area contributed by atoms with Gasteiger partial charge in [0, 0.05) is 6.26 Å². The molecule has 1 aromatic rings. The van der Waals surface area contributed by atoms with Gasteiger partial charge >= 0.3 is 0 Å². The molecule has 0 atom stereocenters. The van der Waals surface area contributed by atoms with Gasteiger partial charge < -0.3 is 4.98 Å². The van der Waals surface area contributed by atoms with E-state index in [9.17, 15) is 13.2 Å². The summed E-state index contributed by atoms with van der Waals surface area (Å²) < 4.78 is 22.0. The molecule has 1 heterocycles. The average Bonchev–Trinajstić information content (AvgIpc) is 2.50. The Labute approximate surface area is 80.8 Å². The molecule has 72 valence electrons. The van der Waals surface area contributed by atoms with Crippen molar-refractivity contribution in [3.63, 3.8) is 0 Å². The lowest BCUT2D eigenvalue weighted by Gasteiger charge is -1.92. The van der Waals surface area contributed by atoms with Gasteiger partial charge in [0.1, 0.15) is 5.03 Å². The van der Waals surface area contributed by atoms with Gasteiger partial charge in [-0.3, -0.25) is 4.79 Å². The zero-order chi connectivity index (χ0) is 10.1. The van der Waals surface area contributed by atoms with Crippen LogP contribution in [-0.2, 0) is 9.84 Å². The van der Waals surface area contributed by atoms with E-state index < -0.39 is 9.84 Å². The highest BCUT2D eigenvalue weighted by atomic mass is 35.5. The maximum absolute atomic E-state index is 11.0. The Kier molecular flexibility index (Phi) is 2.77. The molecule has 1 aromatic heterocycles. The van der Waals surface area contributed by atoms with E-state index in [4.69, 9.17) is 11.6 Å². The van der Waals surface area contributed by atoms with E-state index in [1.165, 1.54) is 12.1 Å². The molecule has 0 saturated carbocycles. The fraction of sp³-hybridized carbons (Fsp3) is 0.286. The number of hydrogen-bond acceptors (Lipinski definition) is 3. The third-order valence-corrected chi connectivity index (χ3v) is 2.76. The smallest absolute Gasteiger partial charge is 0.193 e. The second-order valence-corrected chi connectivity index (χ2v) is 4.82. The van der Waals surface area contributed by atoms with Crippen LogP contribution in [0.3, 0.4) is 0 Å². The molecule has 0 bridgehead atoms. The SMILES string of the molecule is CS(=O)(=O)c1ccc(C(=O)CCl)[nH]1. The summed E-state index contributed by atoms with van der Waals surface area (Å²) in [7, 11) is -3.27. The van der Waals surface area contributed by atoms with Crippen molar-refractivity contribution in [3.05, 3.63) is 17.8 Å². The quantitative estimate of drug-likeness (QED) is 0.608. The topological polar surface area (TPSA) is 67.0 Å². The summed E-state index contributed by atoms with van der Waals surface area (Å²) in [6, 6.07) is 2.75. The number of hydrogen-bond donors (Lipinski definition) is 1. The third kappa shape index (κ3) is 2.32. The second kappa shape index (κ2) is 3.51. The molecule has 1 N–H and O–H groups in total. The van der Waals surface area contributed by atoms with Crippen LogP contribution in [0.4, 0.5) is 0 Å². The largest absolute Gasteiger partial charge is 0.343 e. The van der Waals surface area contributed by atoms with Gasteiger partial charge in [0.25, 0.3) is 0 Å². The molecule has 6 heteroatoms. The van der Waals surface area contributed by atoms with Crippen molar-refractivity contribution in [1.82, 2.24) is 4.98 Å². The van der Waals surface area contributed by atoms with E-state index in [1.54, 1.807) is 0 Å². The van der Waals surface area contributed by atoms with Crippen molar-refractivity contribution >= 4 is 27.2 Å². The van der Waals surface area contributed by atoms with Crippen LogP contribution in [0.25, 0.3) is 0 Å². The normalized spacial score (nSPS) is 11.5. The van der Waals surface area contributed by atoms with Crippen molar-refractivity contribution in [3.8, 4) is 0 Å². The molecule has 0 amide bonds. The van der Waals surface area contributed by atoms with E-state index in [0.717, 1.165) is 6.26 Å².